The molecule has 0 aliphatic heterocycles. The van der Waals surface area contributed by atoms with Crippen molar-refractivity contribution in [2.24, 2.45) is 0 Å². The topological polar surface area (TPSA) is 136 Å². The number of nitrogens with zero attached hydrogens (tertiary/aromatic N) is 3. The Morgan fingerprint density at radius 3 is 2.48 bits per heavy atom. The first kappa shape index (κ1) is 22.7. The van der Waals surface area contributed by atoms with Gasteiger partial charge in [-0.05, 0) is 57.5 Å². The Kier molecular flexibility index (Phi) is 6.04. The molecule has 0 fully saturated rings. The maximum absolute atomic E-state index is 12.7. The molecule has 0 radical (unpaired) electrons. The second kappa shape index (κ2) is 8.79. The van der Waals surface area contributed by atoms with Crippen LogP contribution < -0.4 is 10.0 Å². The van der Waals surface area contributed by atoms with Gasteiger partial charge in [0.2, 0.25) is 5.88 Å². The monoisotopic (exact) mass is 487 g/mol. The molecule has 4 rings (SSSR count). The van der Waals surface area contributed by atoms with Gasteiger partial charge in [0.1, 0.15) is 21.9 Å². The Labute approximate surface area is 194 Å². The molecule has 3 aromatic heterocycles. The Balaban J connectivity index is 1.59. The fraction of sp³-hybridized carbons (Fsp3) is 0.238. The third-order valence-corrected chi connectivity index (χ3v) is 7.53. The van der Waals surface area contributed by atoms with E-state index in [1.807, 2.05) is 6.92 Å². The van der Waals surface area contributed by atoms with E-state index >= 15 is 0 Å². The van der Waals surface area contributed by atoms with E-state index in [0.717, 1.165) is 5.56 Å². The van der Waals surface area contributed by atoms with Crippen molar-refractivity contribution in [2.45, 2.75) is 32.6 Å². The molecule has 0 spiro atoms. The molecule has 0 saturated heterocycles. The summed E-state index contributed by atoms with van der Waals surface area (Å²) in [5.74, 6) is 0.192. The SMILES string of the molecule is CCOC(=O)c1sc2ncnc(Nc3ccc(S(=O)(=O)Nc4onc(C)c4C)cc3)c2c1C. The number of carbonyl (C=O) groups is 1. The van der Waals surface area contributed by atoms with Crippen molar-refractivity contribution < 1.29 is 22.5 Å². The molecule has 2 N–H and O–H groups in total. The van der Waals surface area contributed by atoms with Crippen LogP contribution in [0.15, 0.2) is 40.0 Å². The first-order valence-electron chi connectivity index (χ1n) is 9.95. The molecule has 3 heterocycles. The van der Waals surface area contributed by atoms with Crippen LogP contribution in [-0.4, -0.2) is 36.1 Å². The quantitative estimate of drug-likeness (QED) is 0.365. The van der Waals surface area contributed by atoms with Crippen molar-refractivity contribution in [3.05, 3.63) is 52.3 Å². The van der Waals surface area contributed by atoms with Gasteiger partial charge in [0, 0.05) is 11.3 Å². The number of aromatic nitrogens is 3. The summed E-state index contributed by atoms with van der Waals surface area (Å²) in [6.07, 6.45) is 1.40. The number of sulfonamides is 1. The van der Waals surface area contributed by atoms with Gasteiger partial charge in [-0.3, -0.25) is 0 Å². The minimum Gasteiger partial charge on any atom is -0.462 e. The molecular formula is C21H21N5O5S2. The molecule has 10 nitrogen and oxygen atoms in total. The summed E-state index contributed by atoms with van der Waals surface area (Å²) in [5, 5.41) is 7.64. The number of thiophene rings is 1. The fourth-order valence-corrected chi connectivity index (χ4v) is 5.19. The van der Waals surface area contributed by atoms with Crippen molar-refractivity contribution in [2.75, 3.05) is 16.6 Å². The number of aryl methyl sites for hydroxylation is 2. The summed E-state index contributed by atoms with van der Waals surface area (Å²) >= 11 is 1.24. The van der Waals surface area contributed by atoms with Crippen LogP contribution in [0.3, 0.4) is 0 Å². The number of anilines is 3. The second-order valence-corrected chi connectivity index (χ2v) is 9.84. The van der Waals surface area contributed by atoms with Gasteiger partial charge in [-0.25, -0.2) is 27.9 Å². The molecule has 172 valence electrons. The average Bonchev–Trinajstić information content (AvgIpc) is 3.29. The van der Waals surface area contributed by atoms with E-state index in [-0.39, 0.29) is 17.4 Å². The number of benzene rings is 1. The Morgan fingerprint density at radius 2 is 1.85 bits per heavy atom. The molecule has 0 aliphatic carbocycles. The molecular weight excluding hydrogens is 466 g/mol. The van der Waals surface area contributed by atoms with Gasteiger partial charge in [0.05, 0.1) is 22.6 Å². The molecule has 0 amide bonds. The van der Waals surface area contributed by atoms with Gasteiger partial charge in [0.25, 0.3) is 10.0 Å². The molecule has 1 aromatic carbocycles. The molecule has 33 heavy (non-hydrogen) atoms. The van der Waals surface area contributed by atoms with Gasteiger partial charge in [-0.2, -0.15) is 0 Å². The summed E-state index contributed by atoms with van der Waals surface area (Å²) in [6.45, 7) is 7.29. The van der Waals surface area contributed by atoms with Gasteiger partial charge in [-0.15, -0.1) is 11.3 Å². The Morgan fingerprint density at radius 1 is 1.12 bits per heavy atom. The van der Waals surface area contributed by atoms with Gasteiger partial charge in [0.15, 0.2) is 0 Å². The number of ether oxygens (including phenoxy) is 1. The average molecular weight is 488 g/mol. The summed E-state index contributed by atoms with van der Waals surface area (Å²) < 4.78 is 38.0. The van der Waals surface area contributed by atoms with Crippen LogP contribution in [0.25, 0.3) is 10.2 Å². The summed E-state index contributed by atoms with van der Waals surface area (Å²) in [5.41, 5.74) is 2.57. The first-order chi connectivity index (χ1) is 15.7. The normalized spacial score (nSPS) is 11.5. The highest BCUT2D eigenvalue weighted by molar-refractivity contribution is 7.92. The number of rotatable bonds is 7. The highest BCUT2D eigenvalue weighted by atomic mass is 32.2. The lowest BCUT2D eigenvalue weighted by atomic mass is 10.2. The van der Waals surface area contributed by atoms with Gasteiger partial charge >= 0.3 is 5.97 Å². The first-order valence-corrected chi connectivity index (χ1v) is 12.2. The lowest BCUT2D eigenvalue weighted by Crippen LogP contribution is -2.13. The fourth-order valence-electron chi connectivity index (χ4n) is 3.10. The lowest BCUT2D eigenvalue weighted by molar-refractivity contribution is 0.0531. The van der Waals surface area contributed by atoms with Crippen LogP contribution in [0.5, 0.6) is 0 Å². The minimum atomic E-state index is -3.85. The van der Waals surface area contributed by atoms with Gasteiger partial charge < -0.3 is 14.6 Å². The molecule has 0 atom stereocenters. The predicted octanol–water partition coefficient (Wildman–Crippen LogP) is 4.33. The van der Waals surface area contributed by atoms with Crippen LogP contribution in [-0.2, 0) is 14.8 Å². The molecule has 0 bridgehead atoms. The van der Waals surface area contributed by atoms with Crippen molar-refractivity contribution in [1.82, 2.24) is 15.1 Å². The van der Waals surface area contributed by atoms with Crippen LogP contribution in [0.4, 0.5) is 17.4 Å². The van der Waals surface area contributed by atoms with Crippen LogP contribution in [0.2, 0.25) is 0 Å². The van der Waals surface area contributed by atoms with E-state index < -0.39 is 16.0 Å². The maximum atomic E-state index is 12.7. The summed E-state index contributed by atoms with van der Waals surface area (Å²) in [6, 6.07) is 6.17. The number of hydrogen-bond donors (Lipinski definition) is 2. The van der Waals surface area contributed by atoms with E-state index in [9.17, 15) is 13.2 Å². The highest BCUT2D eigenvalue weighted by Crippen LogP contribution is 2.35. The zero-order chi connectivity index (χ0) is 23.8. The molecule has 0 aliphatic rings. The van der Waals surface area contributed by atoms with E-state index in [1.54, 1.807) is 32.9 Å². The van der Waals surface area contributed by atoms with Crippen LogP contribution in [0.1, 0.15) is 33.4 Å². The van der Waals surface area contributed by atoms with Crippen molar-refractivity contribution in [1.29, 1.82) is 0 Å². The third-order valence-electron chi connectivity index (χ3n) is 5.00. The lowest BCUT2D eigenvalue weighted by Gasteiger charge is -2.09. The number of fused-ring (bicyclic) bond motifs is 1. The van der Waals surface area contributed by atoms with E-state index in [2.05, 4.69) is 25.2 Å². The van der Waals surface area contributed by atoms with E-state index in [0.29, 0.717) is 37.9 Å². The number of hydrogen-bond acceptors (Lipinski definition) is 10. The highest BCUT2D eigenvalue weighted by Gasteiger charge is 2.21. The predicted molar refractivity (Wildman–Crippen MR) is 125 cm³/mol. The largest absolute Gasteiger partial charge is 0.462 e. The number of esters is 1. The van der Waals surface area contributed by atoms with Crippen molar-refractivity contribution in [3.63, 3.8) is 0 Å². The number of nitrogens with one attached hydrogen (secondary N) is 2. The maximum Gasteiger partial charge on any atom is 0.348 e. The molecule has 0 saturated carbocycles. The van der Waals surface area contributed by atoms with Crippen LogP contribution in [0, 0.1) is 20.8 Å². The Bertz CT molecular complexity index is 1440. The molecule has 4 aromatic rings. The zero-order valence-corrected chi connectivity index (χ0v) is 19.9. The summed E-state index contributed by atoms with van der Waals surface area (Å²) in [4.78, 5) is 22.0. The van der Waals surface area contributed by atoms with E-state index in [4.69, 9.17) is 9.26 Å². The Hall–Kier alpha value is -3.51. The standard InChI is InChI=1S/C21H21N5O5S2/c1-5-30-21(27)17-12(3)16-18(22-10-23-20(16)32-17)24-14-6-8-15(9-7-14)33(28,29)26-19-11(2)13(4)25-31-19/h6-10,26H,5H2,1-4H3,(H,22,23,24). The van der Waals surface area contributed by atoms with Crippen molar-refractivity contribution >= 4 is 54.9 Å². The van der Waals surface area contributed by atoms with E-state index in [1.165, 1.54) is 29.8 Å². The van der Waals surface area contributed by atoms with Crippen LogP contribution >= 0.6 is 11.3 Å². The zero-order valence-electron chi connectivity index (χ0n) is 18.3. The smallest absolute Gasteiger partial charge is 0.348 e. The summed E-state index contributed by atoms with van der Waals surface area (Å²) in [7, 11) is -3.85. The third kappa shape index (κ3) is 4.39. The second-order valence-electron chi connectivity index (χ2n) is 7.16. The molecule has 0 unspecified atom stereocenters. The molecule has 12 heteroatoms. The minimum absolute atomic E-state index is 0.0608. The van der Waals surface area contributed by atoms with Gasteiger partial charge in [-0.1, -0.05) is 5.16 Å². The van der Waals surface area contributed by atoms with Crippen molar-refractivity contribution in [3.8, 4) is 0 Å². The number of carbonyl (C=O) groups excluding carboxylic acids is 1.